The van der Waals surface area contributed by atoms with Crippen LogP contribution in [0.1, 0.15) is 0 Å². The molecule has 4 nitrogen and oxygen atoms in total. The van der Waals surface area contributed by atoms with Crippen molar-refractivity contribution in [2.75, 3.05) is 0 Å². The van der Waals surface area contributed by atoms with Gasteiger partial charge in [0, 0.05) is 29.5 Å². The number of pyridine rings is 1. The van der Waals surface area contributed by atoms with Crippen molar-refractivity contribution in [2.45, 2.75) is 0 Å². The molecular weight excluding hydrogens is 193 g/mol. The third-order valence-corrected chi connectivity index (χ3v) is 0.607. The second kappa shape index (κ2) is 22.7. The summed E-state index contributed by atoms with van der Waals surface area (Å²) in [5.74, 6) is 0. The molecule has 0 fully saturated rings. The number of nitrogens with one attached hydrogen (secondary N) is 1. The fourth-order valence-corrected chi connectivity index (χ4v) is 0.342. The average molecular weight is 206 g/mol. The zero-order valence-electron chi connectivity index (χ0n) is 5.70. The molecule has 0 amide bonds. The third-order valence-electron chi connectivity index (χ3n) is 0.607. The first-order chi connectivity index (χ1) is 3.00. The van der Waals surface area contributed by atoms with Gasteiger partial charge in [0.05, 0.1) is 0 Å². The van der Waals surface area contributed by atoms with E-state index in [9.17, 15) is 0 Å². The number of H-pyrrole nitrogens is 1. The molecule has 0 radical (unpaired) electrons. The van der Waals surface area contributed by atoms with Gasteiger partial charge < -0.3 is 16.4 Å². The molecule has 0 aromatic carbocycles. The standard InChI is InChI=1S/C5H5N.Cr.FH.3H2O/c1-2-4-6-5-3-1;;;;;/h1-5H;;1H;3*1H2/p+1. The van der Waals surface area contributed by atoms with Crippen molar-refractivity contribution in [1.82, 2.24) is 0 Å². The van der Waals surface area contributed by atoms with Crippen LogP contribution in [0.25, 0.3) is 0 Å². The van der Waals surface area contributed by atoms with Crippen LogP contribution in [0.4, 0.5) is 4.70 Å². The van der Waals surface area contributed by atoms with Crippen molar-refractivity contribution in [1.29, 1.82) is 0 Å². The van der Waals surface area contributed by atoms with E-state index in [2.05, 4.69) is 4.98 Å². The summed E-state index contributed by atoms with van der Waals surface area (Å²) in [7, 11) is 0. The van der Waals surface area contributed by atoms with Crippen LogP contribution >= 0.6 is 0 Å². The molecule has 11 heavy (non-hydrogen) atoms. The minimum atomic E-state index is 0. The summed E-state index contributed by atoms with van der Waals surface area (Å²) < 4.78 is 0. The Morgan fingerprint density at radius 1 is 0.727 bits per heavy atom. The van der Waals surface area contributed by atoms with Gasteiger partial charge in [-0.1, -0.05) is 6.07 Å². The zero-order chi connectivity index (χ0) is 4.24. The second-order valence-corrected chi connectivity index (χ2v) is 1.08. The molecule has 0 bridgehead atoms. The van der Waals surface area contributed by atoms with E-state index in [0.717, 1.165) is 0 Å². The Labute approximate surface area is 74.7 Å². The van der Waals surface area contributed by atoms with Gasteiger partial charge in [0.1, 0.15) is 0 Å². The third kappa shape index (κ3) is 17.7. The van der Waals surface area contributed by atoms with Crippen LogP contribution in [0.3, 0.4) is 0 Å². The van der Waals surface area contributed by atoms with Crippen LogP contribution < -0.4 is 4.98 Å². The van der Waals surface area contributed by atoms with Crippen LogP contribution in [0.2, 0.25) is 0 Å². The van der Waals surface area contributed by atoms with E-state index in [-0.39, 0.29) is 38.5 Å². The van der Waals surface area contributed by atoms with Crippen molar-refractivity contribution in [3.63, 3.8) is 0 Å². The quantitative estimate of drug-likeness (QED) is 0.476. The maximum atomic E-state index is 2.89. The Bertz CT molecular complexity index is 93.7. The fraction of sp³-hybridized carbons (Fsp3) is 0. The van der Waals surface area contributed by atoms with Crippen LogP contribution in [0.5, 0.6) is 0 Å². The molecule has 1 aromatic rings. The Kier molecular flexibility index (Phi) is 64.7. The number of hydrogen-bond donors (Lipinski definition) is 0. The summed E-state index contributed by atoms with van der Waals surface area (Å²) >= 11 is 0. The van der Waals surface area contributed by atoms with E-state index in [1.54, 1.807) is 0 Å². The molecule has 0 saturated carbocycles. The zero-order valence-corrected chi connectivity index (χ0v) is 6.98. The molecule has 0 aliphatic rings. The van der Waals surface area contributed by atoms with Gasteiger partial charge in [-0.2, -0.15) is 0 Å². The van der Waals surface area contributed by atoms with Gasteiger partial charge in [0.25, 0.3) is 0 Å². The Hall–Kier alpha value is -0.508. The van der Waals surface area contributed by atoms with Crippen molar-refractivity contribution >= 4 is 0 Å². The van der Waals surface area contributed by atoms with E-state index in [1.807, 2.05) is 30.6 Å². The topological polar surface area (TPSA) is 109 Å². The average Bonchev–Trinajstić information content (AvgIpc) is 1.72. The number of hydrogen-bond acceptors (Lipinski definition) is 0. The van der Waals surface area contributed by atoms with Crippen molar-refractivity contribution < 1.29 is 43.5 Å². The summed E-state index contributed by atoms with van der Waals surface area (Å²) in [5.41, 5.74) is 0. The molecule has 6 heteroatoms. The smallest absolute Gasteiger partial charge is 0.166 e. The largest absolute Gasteiger partial charge is 0.412 e. The van der Waals surface area contributed by atoms with Crippen LogP contribution in [0, 0.1) is 0 Å². The van der Waals surface area contributed by atoms with Crippen LogP contribution in [-0.4, -0.2) is 16.4 Å². The molecule has 68 valence electrons. The van der Waals surface area contributed by atoms with Gasteiger partial charge in [-0.15, -0.1) is 0 Å². The molecule has 0 aliphatic carbocycles. The molecule has 0 atom stereocenters. The first kappa shape index (κ1) is 31.3. The number of aromatic amines is 1. The van der Waals surface area contributed by atoms with Gasteiger partial charge >= 0.3 is 0 Å². The summed E-state index contributed by atoms with van der Waals surface area (Å²) in [4.78, 5) is 2.89. The van der Waals surface area contributed by atoms with Crippen molar-refractivity contribution in [3.05, 3.63) is 30.6 Å². The normalized spacial score (nSPS) is 4.36. The van der Waals surface area contributed by atoms with Crippen molar-refractivity contribution in [2.24, 2.45) is 0 Å². The summed E-state index contributed by atoms with van der Waals surface area (Å²) in [6, 6.07) is 5.86. The minimum absolute atomic E-state index is 0. The van der Waals surface area contributed by atoms with E-state index in [0.29, 0.717) is 0 Å². The maximum absolute atomic E-state index is 2.89. The van der Waals surface area contributed by atoms with E-state index >= 15 is 0 Å². The SMILES string of the molecule is F.O.O.O.[Cr].c1cc[nH+]cc1. The van der Waals surface area contributed by atoms with Gasteiger partial charge in [0.2, 0.25) is 0 Å². The summed E-state index contributed by atoms with van der Waals surface area (Å²) in [6.45, 7) is 0. The maximum Gasteiger partial charge on any atom is 0.166 e. The number of aromatic nitrogens is 1. The summed E-state index contributed by atoms with van der Waals surface area (Å²) in [5, 5.41) is 0. The molecule has 1 rings (SSSR count). The number of rotatable bonds is 0. The molecule has 0 aliphatic heterocycles. The monoisotopic (exact) mass is 206 g/mol. The van der Waals surface area contributed by atoms with Crippen LogP contribution in [0.15, 0.2) is 30.6 Å². The van der Waals surface area contributed by atoms with Gasteiger partial charge in [0.15, 0.2) is 12.4 Å². The van der Waals surface area contributed by atoms with Crippen molar-refractivity contribution in [3.8, 4) is 0 Å². The minimum Gasteiger partial charge on any atom is -0.412 e. The first-order valence-corrected chi connectivity index (χ1v) is 1.91. The van der Waals surface area contributed by atoms with E-state index in [1.165, 1.54) is 0 Å². The molecule has 1 heterocycles. The summed E-state index contributed by atoms with van der Waals surface area (Å²) in [6.07, 6.45) is 3.75. The second-order valence-electron chi connectivity index (χ2n) is 1.08. The van der Waals surface area contributed by atoms with Gasteiger partial charge in [-0.25, -0.2) is 4.98 Å². The van der Waals surface area contributed by atoms with E-state index in [4.69, 9.17) is 0 Å². The van der Waals surface area contributed by atoms with Gasteiger partial charge in [-0.3, -0.25) is 4.70 Å². The Morgan fingerprint density at radius 2 is 1.09 bits per heavy atom. The fourth-order valence-electron chi connectivity index (χ4n) is 0.342. The molecule has 0 spiro atoms. The molecule has 0 saturated heterocycles. The Morgan fingerprint density at radius 3 is 1.18 bits per heavy atom. The van der Waals surface area contributed by atoms with Gasteiger partial charge in [-0.05, 0) is 0 Å². The molecule has 1 aromatic heterocycles. The molecule has 0 unspecified atom stereocenters. The van der Waals surface area contributed by atoms with E-state index < -0.39 is 0 Å². The van der Waals surface area contributed by atoms with Crippen LogP contribution in [-0.2, 0) is 17.4 Å². The Balaban J connectivity index is -0.0000000240. The first-order valence-electron chi connectivity index (χ1n) is 1.91. The predicted molar refractivity (Wildman–Crippen MR) is 36.3 cm³/mol. The molecular formula is C5H13CrFNO3+. The number of halogens is 1. The molecule has 7 N–H and O–H groups in total. The predicted octanol–water partition coefficient (Wildman–Crippen LogP) is -1.82.